The van der Waals surface area contributed by atoms with Crippen LogP contribution in [-0.2, 0) is 14.3 Å². The molecule has 0 N–H and O–H groups in total. The molecule has 0 aliphatic carbocycles. The van der Waals surface area contributed by atoms with Crippen LogP contribution in [-0.4, -0.2) is 24.8 Å². The van der Waals surface area contributed by atoms with E-state index in [4.69, 9.17) is 9.47 Å². The van der Waals surface area contributed by atoms with Gasteiger partial charge in [-0.1, -0.05) is 20.8 Å². The Balaban J connectivity index is 2.87. The van der Waals surface area contributed by atoms with Crippen LogP contribution in [0.15, 0.2) is 0 Å². The van der Waals surface area contributed by atoms with Crippen molar-refractivity contribution >= 4 is 5.97 Å². The fourth-order valence-electron chi connectivity index (χ4n) is 1.10. The molecule has 1 saturated heterocycles. The fraction of sp³-hybridized carbons (Fsp3) is 0.889. The molecule has 1 atom stereocenters. The second-order valence-corrected chi connectivity index (χ2v) is 4.27. The van der Waals surface area contributed by atoms with Crippen LogP contribution < -0.4 is 0 Å². The van der Waals surface area contributed by atoms with E-state index in [0.717, 1.165) is 0 Å². The largest absolute Gasteiger partial charge is 0.461 e. The maximum absolute atomic E-state index is 11.4. The minimum atomic E-state index is -0.786. The number of hydrogen-bond donors (Lipinski definition) is 0. The van der Waals surface area contributed by atoms with Crippen molar-refractivity contribution in [1.82, 2.24) is 0 Å². The highest BCUT2D eigenvalue weighted by Crippen LogP contribution is 2.36. The lowest BCUT2D eigenvalue weighted by Gasteiger charge is -2.41. The highest BCUT2D eigenvalue weighted by atomic mass is 16.6. The normalized spacial score (nSPS) is 31.5. The topological polar surface area (TPSA) is 35.5 Å². The van der Waals surface area contributed by atoms with E-state index >= 15 is 0 Å². The summed E-state index contributed by atoms with van der Waals surface area (Å²) >= 11 is 0. The van der Waals surface area contributed by atoms with Gasteiger partial charge in [0, 0.05) is 5.41 Å². The number of rotatable bonds is 0. The summed E-state index contributed by atoms with van der Waals surface area (Å²) in [6.45, 7) is 8.58. The molecule has 0 aromatic rings. The molecule has 70 valence electrons. The predicted octanol–water partition coefficient (Wildman–Crippen LogP) is 1.36. The van der Waals surface area contributed by atoms with Crippen LogP contribution in [0, 0.1) is 5.41 Å². The molecule has 1 aliphatic rings. The van der Waals surface area contributed by atoms with Gasteiger partial charge in [0.2, 0.25) is 0 Å². The predicted molar refractivity (Wildman–Crippen MR) is 44.8 cm³/mol. The van der Waals surface area contributed by atoms with E-state index in [0.29, 0.717) is 13.2 Å². The summed E-state index contributed by atoms with van der Waals surface area (Å²) in [6.07, 6.45) is 0. The third-order valence-corrected chi connectivity index (χ3v) is 2.53. The SMILES string of the molecule is CC(C)(C)C1(C)OCCOC1=O. The lowest BCUT2D eigenvalue weighted by Crippen LogP contribution is -2.54. The molecular weight excluding hydrogens is 156 g/mol. The quantitative estimate of drug-likeness (QED) is 0.518. The van der Waals surface area contributed by atoms with Gasteiger partial charge in [0.1, 0.15) is 6.61 Å². The maximum Gasteiger partial charge on any atom is 0.338 e. The van der Waals surface area contributed by atoms with E-state index in [1.165, 1.54) is 0 Å². The van der Waals surface area contributed by atoms with Crippen LogP contribution in [0.2, 0.25) is 0 Å². The molecule has 0 aromatic carbocycles. The molecule has 12 heavy (non-hydrogen) atoms. The third-order valence-electron chi connectivity index (χ3n) is 2.53. The first-order valence-corrected chi connectivity index (χ1v) is 4.19. The Labute approximate surface area is 73.0 Å². The first-order valence-electron chi connectivity index (χ1n) is 4.19. The highest BCUT2D eigenvalue weighted by Gasteiger charge is 2.48. The van der Waals surface area contributed by atoms with Crippen molar-refractivity contribution in [2.75, 3.05) is 13.2 Å². The zero-order valence-electron chi connectivity index (χ0n) is 8.14. The third kappa shape index (κ3) is 1.33. The van der Waals surface area contributed by atoms with Crippen LogP contribution in [0.25, 0.3) is 0 Å². The van der Waals surface area contributed by atoms with Gasteiger partial charge in [-0.15, -0.1) is 0 Å². The average Bonchev–Trinajstić information content (AvgIpc) is 1.93. The Hall–Kier alpha value is -0.570. The van der Waals surface area contributed by atoms with Crippen LogP contribution in [0.5, 0.6) is 0 Å². The van der Waals surface area contributed by atoms with Crippen molar-refractivity contribution < 1.29 is 14.3 Å². The Morgan fingerprint density at radius 2 is 1.92 bits per heavy atom. The molecule has 1 heterocycles. The molecule has 1 aliphatic heterocycles. The minimum absolute atomic E-state index is 0.218. The first kappa shape index (κ1) is 9.52. The lowest BCUT2D eigenvalue weighted by atomic mass is 9.77. The standard InChI is InChI=1S/C9H16O3/c1-8(2,3)9(4)7(10)11-5-6-12-9/h5-6H2,1-4H3. The summed E-state index contributed by atoms with van der Waals surface area (Å²) in [5.74, 6) is -0.249. The number of cyclic esters (lactones) is 1. The van der Waals surface area contributed by atoms with Crippen molar-refractivity contribution in [2.24, 2.45) is 5.41 Å². The molecule has 0 saturated carbocycles. The van der Waals surface area contributed by atoms with Gasteiger partial charge in [-0.2, -0.15) is 0 Å². The van der Waals surface area contributed by atoms with Crippen LogP contribution in [0.1, 0.15) is 27.7 Å². The summed E-state index contributed by atoms with van der Waals surface area (Å²) in [6, 6.07) is 0. The molecule has 0 aromatic heterocycles. The molecule has 1 rings (SSSR count). The second kappa shape index (κ2) is 2.73. The Bertz CT molecular complexity index is 192. The Morgan fingerprint density at radius 1 is 1.33 bits per heavy atom. The van der Waals surface area contributed by atoms with Gasteiger partial charge in [0.25, 0.3) is 0 Å². The van der Waals surface area contributed by atoms with Gasteiger partial charge in [0.05, 0.1) is 6.61 Å². The number of esters is 1. The minimum Gasteiger partial charge on any atom is -0.461 e. The molecule has 1 fully saturated rings. The second-order valence-electron chi connectivity index (χ2n) is 4.27. The summed E-state index contributed by atoms with van der Waals surface area (Å²) in [5.41, 5.74) is -1.00. The smallest absolute Gasteiger partial charge is 0.338 e. The summed E-state index contributed by atoms with van der Waals surface area (Å²) < 4.78 is 10.4. The Kier molecular flexibility index (Phi) is 2.17. The van der Waals surface area contributed by atoms with E-state index < -0.39 is 5.60 Å². The molecule has 0 radical (unpaired) electrons. The molecule has 0 amide bonds. The Morgan fingerprint density at radius 3 is 2.25 bits per heavy atom. The van der Waals surface area contributed by atoms with Crippen molar-refractivity contribution in [3.05, 3.63) is 0 Å². The van der Waals surface area contributed by atoms with E-state index in [1.54, 1.807) is 6.92 Å². The van der Waals surface area contributed by atoms with Crippen LogP contribution in [0.3, 0.4) is 0 Å². The molecular formula is C9H16O3. The van der Waals surface area contributed by atoms with Crippen LogP contribution >= 0.6 is 0 Å². The van der Waals surface area contributed by atoms with E-state index in [9.17, 15) is 4.79 Å². The van der Waals surface area contributed by atoms with Gasteiger partial charge in [-0.25, -0.2) is 4.79 Å². The van der Waals surface area contributed by atoms with Crippen molar-refractivity contribution in [3.8, 4) is 0 Å². The van der Waals surface area contributed by atoms with E-state index in [-0.39, 0.29) is 11.4 Å². The first-order chi connectivity index (χ1) is 5.38. The monoisotopic (exact) mass is 172 g/mol. The fourth-order valence-corrected chi connectivity index (χ4v) is 1.10. The van der Waals surface area contributed by atoms with Gasteiger partial charge >= 0.3 is 5.97 Å². The number of ether oxygens (including phenoxy) is 2. The zero-order valence-corrected chi connectivity index (χ0v) is 8.14. The molecule has 0 spiro atoms. The molecule has 3 nitrogen and oxygen atoms in total. The van der Waals surface area contributed by atoms with Crippen molar-refractivity contribution in [3.63, 3.8) is 0 Å². The molecule has 3 heteroatoms. The van der Waals surface area contributed by atoms with Crippen molar-refractivity contribution in [2.45, 2.75) is 33.3 Å². The maximum atomic E-state index is 11.4. The van der Waals surface area contributed by atoms with Gasteiger partial charge in [-0.05, 0) is 6.92 Å². The summed E-state index contributed by atoms with van der Waals surface area (Å²) in [4.78, 5) is 11.4. The summed E-state index contributed by atoms with van der Waals surface area (Å²) in [7, 11) is 0. The average molecular weight is 172 g/mol. The van der Waals surface area contributed by atoms with Gasteiger partial charge in [0.15, 0.2) is 5.60 Å². The van der Waals surface area contributed by atoms with Gasteiger partial charge in [-0.3, -0.25) is 0 Å². The van der Waals surface area contributed by atoms with E-state index in [1.807, 2.05) is 20.8 Å². The highest BCUT2D eigenvalue weighted by molar-refractivity contribution is 5.80. The van der Waals surface area contributed by atoms with Crippen molar-refractivity contribution in [1.29, 1.82) is 0 Å². The zero-order chi connectivity index (χ0) is 9.41. The lowest BCUT2D eigenvalue weighted by molar-refractivity contribution is -0.207. The van der Waals surface area contributed by atoms with Crippen LogP contribution in [0.4, 0.5) is 0 Å². The van der Waals surface area contributed by atoms with Gasteiger partial charge < -0.3 is 9.47 Å². The number of carbonyl (C=O) groups is 1. The molecule has 0 bridgehead atoms. The van der Waals surface area contributed by atoms with E-state index in [2.05, 4.69) is 0 Å². The molecule has 1 unspecified atom stereocenters. The number of hydrogen-bond acceptors (Lipinski definition) is 3. The number of carbonyl (C=O) groups excluding carboxylic acids is 1. The summed E-state index contributed by atoms with van der Waals surface area (Å²) in [5, 5.41) is 0.